The fraction of sp³-hybridized carbons (Fsp3) is 0.462. The predicted molar refractivity (Wildman–Crippen MR) is 72.4 cm³/mol. The van der Waals surface area contributed by atoms with Gasteiger partial charge in [0.05, 0.1) is 4.90 Å². The van der Waals surface area contributed by atoms with Gasteiger partial charge in [0, 0.05) is 31.8 Å². The highest BCUT2D eigenvalue weighted by atomic mass is 32.2. The Labute approximate surface area is 108 Å². The van der Waals surface area contributed by atoms with Crippen molar-refractivity contribution in [3.8, 4) is 0 Å². The van der Waals surface area contributed by atoms with Crippen molar-refractivity contribution in [1.82, 2.24) is 4.31 Å². The quantitative estimate of drug-likeness (QED) is 0.839. The van der Waals surface area contributed by atoms with Crippen LogP contribution in [-0.4, -0.2) is 38.1 Å². The van der Waals surface area contributed by atoms with Gasteiger partial charge in [0.1, 0.15) is 0 Å². The van der Waals surface area contributed by atoms with Crippen molar-refractivity contribution in [3.63, 3.8) is 0 Å². The summed E-state index contributed by atoms with van der Waals surface area (Å²) in [4.78, 5) is 4.51. The molecule has 0 aliphatic carbocycles. The lowest BCUT2D eigenvalue weighted by Crippen LogP contribution is -2.49. The van der Waals surface area contributed by atoms with Crippen LogP contribution in [0.5, 0.6) is 0 Å². The van der Waals surface area contributed by atoms with Crippen LogP contribution in [0.2, 0.25) is 0 Å². The van der Waals surface area contributed by atoms with Gasteiger partial charge in [-0.2, -0.15) is 4.31 Å². The minimum Gasteiger partial charge on any atom is -0.297 e. The lowest BCUT2D eigenvalue weighted by atomic mass is 9.93. The summed E-state index contributed by atoms with van der Waals surface area (Å²) in [6.45, 7) is 2.66. The Morgan fingerprint density at radius 3 is 2.50 bits per heavy atom. The SMILES string of the molecule is CN(C1(C)CC=NCC1)S(=O)(=O)c1ccccc1. The Kier molecular flexibility index (Phi) is 3.54. The van der Waals surface area contributed by atoms with Crippen molar-refractivity contribution in [2.24, 2.45) is 4.99 Å². The molecular weight excluding hydrogens is 248 g/mol. The van der Waals surface area contributed by atoms with Crippen LogP contribution in [-0.2, 0) is 10.0 Å². The summed E-state index contributed by atoms with van der Waals surface area (Å²) < 4.78 is 26.5. The Balaban J connectivity index is 2.34. The van der Waals surface area contributed by atoms with Gasteiger partial charge in [0.25, 0.3) is 0 Å². The maximum absolute atomic E-state index is 12.5. The maximum atomic E-state index is 12.5. The summed E-state index contributed by atoms with van der Waals surface area (Å²) in [5.74, 6) is 0. The van der Waals surface area contributed by atoms with E-state index in [1.807, 2.05) is 19.2 Å². The molecule has 0 radical (unpaired) electrons. The van der Waals surface area contributed by atoms with Crippen molar-refractivity contribution in [3.05, 3.63) is 30.3 Å². The van der Waals surface area contributed by atoms with E-state index in [4.69, 9.17) is 0 Å². The molecule has 0 amide bonds. The van der Waals surface area contributed by atoms with Crippen LogP contribution >= 0.6 is 0 Å². The first-order chi connectivity index (χ1) is 8.47. The molecule has 0 saturated heterocycles. The molecule has 1 aromatic rings. The molecule has 0 spiro atoms. The maximum Gasteiger partial charge on any atom is 0.243 e. The molecule has 5 heteroatoms. The minimum atomic E-state index is -3.43. The third kappa shape index (κ3) is 2.33. The molecule has 4 nitrogen and oxygen atoms in total. The van der Waals surface area contributed by atoms with Crippen molar-refractivity contribution in [2.45, 2.75) is 30.2 Å². The number of rotatable bonds is 3. The molecule has 2 rings (SSSR count). The van der Waals surface area contributed by atoms with E-state index in [-0.39, 0.29) is 5.54 Å². The lowest BCUT2D eigenvalue weighted by Gasteiger charge is -2.38. The average molecular weight is 266 g/mol. The molecule has 0 fully saturated rings. The molecule has 98 valence electrons. The largest absolute Gasteiger partial charge is 0.297 e. The fourth-order valence-corrected chi connectivity index (χ4v) is 3.65. The van der Waals surface area contributed by atoms with Crippen LogP contribution in [0, 0.1) is 0 Å². The van der Waals surface area contributed by atoms with Gasteiger partial charge >= 0.3 is 0 Å². The van der Waals surface area contributed by atoms with Crippen LogP contribution < -0.4 is 0 Å². The second-order valence-electron chi connectivity index (χ2n) is 4.83. The highest BCUT2D eigenvalue weighted by molar-refractivity contribution is 7.89. The van der Waals surface area contributed by atoms with E-state index in [0.717, 1.165) is 6.42 Å². The zero-order valence-electron chi connectivity index (χ0n) is 10.7. The molecular formula is C13H18N2O2S. The van der Waals surface area contributed by atoms with E-state index in [1.165, 1.54) is 4.31 Å². The predicted octanol–water partition coefficient (Wildman–Crippen LogP) is 1.93. The van der Waals surface area contributed by atoms with Gasteiger partial charge in [-0.05, 0) is 25.5 Å². The number of nitrogens with zero attached hydrogens (tertiary/aromatic N) is 2. The van der Waals surface area contributed by atoms with Crippen molar-refractivity contribution in [1.29, 1.82) is 0 Å². The van der Waals surface area contributed by atoms with Crippen molar-refractivity contribution in [2.75, 3.05) is 13.6 Å². The van der Waals surface area contributed by atoms with E-state index in [0.29, 0.717) is 17.9 Å². The molecule has 1 aliphatic heterocycles. The van der Waals surface area contributed by atoms with Gasteiger partial charge in [0.15, 0.2) is 0 Å². The van der Waals surface area contributed by atoms with Crippen LogP contribution in [0.3, 0.4) is 0 Å². The second-order valence-corrected chi connectivity index (χ2v) is 6.79. The molecule has 1 unspecified atom stereocenters. The fourth-order valence-electron chi connectivity index (χ4n) is 2.09. The summed E-state index contributed by atoms with van der Waals surface area (Å²) >= 11 is 0. The number of aliphatic imine (C=N–C) groups is 1. The summed E-state index contributed by atoms with van der Waals surface area (Å²) in [6, 6.07) is 8.56. The lowest BCUT2D eigenvalue weighted by molar-refractivity contribution is 0.231. The summed E-state index contributed by atoms with van der Waals surface area (Å²) in [5.41, 5.74) is -0.379. The van der Waals surface area contributed by atoms with Crippen LogP contribution in [0.25, 0.3) is 0 Å². The monoisotopic (exact) mass is 266 g/mol. The van der Waals surface area contributed by atoms with Gasteiger partial charge in [-0.3, -0.25) is 4.99 Å². The smallest absolute Gasteiger partial charge is 0.243 e. The number of hydrogen-bond donors (Lipinski definition) is 0. The summed E-state index contributed by atoms with van der Waals surface area (Å²) in [6.07, 6.45) is 3.24. The highest BCUT2D eigenvalue weighted by Gasteiger charge is 2.37. The van der Waals surface area contributed by atoms with Gasteiger partial charge < -0.3 is 0 Å². The van der Waals surface area contributed by atoms with E-state index >= 15 is 0 Å². The molecule has 0 N–H and O–H groups in total. The minimum absolute atomic E-state index is 0.344. The first kappa shape index (κ1) is 13.2. The second kappa shape index (κ2) is 4.82. The molecule has 1 aromatic carbocycles. The highest BCUT2D eigenvalue weighted by Crippen LogP contribution is 2.29. The van der Waals surface area contributed by atoms with Crippen LogP contribution in [0.4, 0.5) is 0 Å². The summed E-state index contributed by atoms with van der Waals surface area (Å²) in [7, 11) is -1.77. The third-order valence-corrected chi connectivity index (χ3v) is 5.63. The number of sulfonamides is 1. The van der Waals surface area contributed by atoms with Crippen molar-refractivity contribution >= 4 is 16.2 Å². The first-order valence-electron chi connectivity index (χ1n) is 5.99. The zero-order chi connectivity index (χ0) is 13.2. The molecule has 1 heterocycles. The van der Waals surface area contributed by atoms with Gasteiger partial charge in [-0.15, -0.1) is 0 Å². The Hall–Kier alpha value is -1.20. The Bertz CT molecular complexity index is 539. The van der Waals surface area contributed by atoms with E-state index < -0.39 is 10.0 Å². The molecule has 18 heavy (non-hydrogen) atoms. The van der Waals surface area contributed by atoms with E-state index in [9.17, 15) is 8.42 Å². The molecule has 0 saturated carbocycles. The summed E-state index contributed by atoms with van der Waals surface area (Å²) in [5, 5.41) is 0. The Morgan fingerprint density at radius 1 is 1.28 bits per heavy atom. The zero-order valence-corrected chi connectivity index (χ0v) is 11.5. The van der Waals surface area contributed by atoms with Crippen LogP contribution in [0.1, 0.15) is 19.8 Å². The van der Waals surface area contributed by atoms with E-state index in [1.54, 1.807) is 31.3 Å². The molecule has 1 aliphatic rings. The standard InChI is InChI=1S/C13H18N2O2S/c1-13(8-10-14-11-9-13)15(2)18(16,17)12-6-4-3-5-7-12/h3-7,10H,8-9,11H2,1-2H3. The van der Waals surface area contributed by atoms with Crippen molar-refractivity contribution < 1.29 is 8.42 Å². The number of hydrogen-bond acceptors (Lipinski definition) is 3. The van der Waals surface area contributed by atoms with Gasteiger partial charge in [0.2, 0.25) is 10.0 Å². The normalized spacial score (nSPS) is 24.4. The third-order valence-electron chi connectivity index (χ3n) is 3.60. The molecule has 0 aromatic heterocycles. The average Bonchev–Trinajstić information content (AvgIpc) is 2.40. The number of benzene rings is 1. The molecule has 0 bridgehead atoms. The first-order valence-corrected chi connectivity index (χ1v) is 7.43. The van der Waals surface area contributed by atoms with Gasteiger partial charge in [-0.25, -0.2) is 8.42 Å². The van der Waals surface area contributed by atoms with Crippen LogP contribution in [0.15, 0.2) is 40.2 Å². The van der Waals surface area contributed by atoms with E-state index in [2.05, 4.69) is 4.99 Å². The van der Waals surface area contributed by atoms with Gasteiger partial charge in [-0.1, -0.05) is 18.2 Å². The molecule has 1 atom stereocenters. The topological polar surface area (TPSA) is 49.7 Å². The Morgan fingerprint density at radius 2 is 1.94 bits per heavy atom.